The zero-order chi connectivity index (χ0) is 12.5. The van der Waals surface area contributed by atoms with Gasteiger partial charge in [-0.15, -0.1) is 0 Å². The van der Waals surface area contributed by atoms with Gasteiger partial charge in [0.2, 0.25) is 0 Å². The number of nitrogens with one attached hydrogen (secondary N) is 1. The first-order valence-electron chi connectivity index (χ1n) is 5.94. The molecule has 0 saturated heterocycles. The van der Waals surface area contributed by atoms with E-state index in [1.165, 1.54) is 0 Å². The lowest BCUT2D eigenvalue weighted by Crippen LogP contribution is -2.20. The minimum absolute atomic E-state index is 0.0649. The molecule has 4 nitrogen and oxygen atoms in total. The Hall–Kier alpha value is -0.870. The maximum absolute atomic E-state index is 9.23. The van der Waals surface area contributed by atoms with Gasteiger partial charge < -0.3 is 10.4 Å². The van der Waals surface area contributed by atoms with E-state index in [2.05, 4.69) is 15.3 Å². The summed E-state index contributed by atoms with van der Waals surface area (Å²) in [7, 11) is 0. The second-order valence-electron chi connectivity index (χ2n) is 5.10. The van der Waals surface area contributed by atoms with Crippen molar-refractivity contribution >= 4 is 17.4 Å². The predicted octanol–water partition coefficient (Wildman–Crippen LogP) is 2.44. The number of aliphatic hydroxyl groups is 1. The zero-order valence-electron chi connectivity index (χ0n) is 10.2. The summed E-state index contributed by atoms with van der Waals surface area (Å²) >= 11 is 5.95. The molecule has 2 rings (SSSR count). The molecule has 0 bridgehead atoms. The Balaban J connectivity index is 2.05. The number of rotatable bonds is 5. The Morgan fingerprint density at radius 1 is 1.47 bits per heavy atom. The van der Waals surface area contributed by atoms with Crippen LogP contribution in [0.3, 0.4) is 0 Å². The molecule has 0 atom stereocenters. The van der Waals surface area contributed by atoms with Crippen LogP contribution in [0.4, 0.5) is 5.82 Å². The molecule has 1 fully saturated rings. The van der Waals surface area contributed by atoms with E-state index in [0.29, 0.717) is 5.15 Å². The van der Waals surface area contributed by atoms with E-state index in [1.54, 1.807) is 6.07 Å². The average Bonchev–Trinajstić information content (AvgIpc) is 3.06. The number of hydrogen-bond acceptors (Lipinski definition) is 4. The number of aromatic nitrogens is 2. The summed E-state index contributed by atoms with van der Waals surface area (Å²) in [6, 6.07) is 1.72. The largest absolute Gasteiger partial charge is 0.396 e. The quantitative estimate of drug-likeness (QED) is 0.794. The van der Waals surface area contributed by atoms with Gasteiger partial charge in [-0.1, -0.05) is 25.4 Å². The highest BCUT2D eigenvalue weighted by Gasteiger charge is 2.41. The molecule has 0 spiro atoms. The number of halogens is 1. The van der Waals surface area contributed by atoms with Crippen molar-refractivity contribution in [1.82, 2.24) is 9.97 Å². The molecule has 1 aromatic heterocycles. The molecule has 1 heterocycles. The predicted molar refractivity (Wildman–Crippen MR) is 68.4 cm³/mol. The molecule has 94 valence electrons. The lowest BCUT2D eigenvalue weighted by Gasteiger charge is -2.14. The Kier molecular flexibility index (Phi) is 3.54. The molecule has 1 aliphatic rings. The molecule has 17 heavy (non-hydrogen) atoms. The summed E-state index contributed by atoms with van der Waals surface area (Å²) in [5.41, 5.74) is 0.0649. The van der Waals surface area contributed by atoms with E-state index < -0.39 is 0 Å². The van der Waals surface area contributed by atoms with Crippen molar-refractivity contribution in [1.29, 1.82) is 0 Å². The minimum Gasteiger partial charge on any atom is -0.396 e. The Bertz CT molecular complexity index is 405. The molecule has 0 unspecified atom stereocenters. The third-order valence-electron chi connectivity index (χ3n) is 3.17. The van der Waals surface area contributed by atoms with Gasteiger partial charge in [0.05, 0.1) is 6.61 Å². The summed E-state index contributed by atoms with van der Waals surface area (Å²) in [5.74, 6) is 1.74. The minimum atomic E-state index is 0.0649. The first-order valence-corrected chi connectivity index (χ1v) is 6.32. The van der Waals surface area contributed by atoms with E-state index in [-0.39, 0.29) is 17.9 Å². The topological polar surface area (TPSA) is 58.0 Å². The van der Waals surface area contributed by atoms with E-state index in [1.807, 2.05) is 13.8 Å². The zero-order valence-corrected chi connectivity index (χ0v) is 11.0. The van der Waals surface area contributed by atoms with Crippen LogP contribution in [0.2, 0.25) is 5.15 Å². The summed E-state index contributed by atoms with van der Waals surface area (Å²) in [5, 5.41) is 12.9. The van der Waals surface area contributed by atoms with Crippen LogP contribution in [-0.2, 0) is 0 Å². The van der Waals surface area contributed by atoms with Gasteiger partial charge in [-0.3, -0.25) is 0 Å². The molecule has 0 radical (unpaired) electrons. The van der Waals surface area contributed by atoms with Gasteiger partial charge in [0.1, 0.15) is 16.8 Å². The molecule has 0 aromatic carbocycles. The van der Waals surface area contributed by atoms with Gasteiger partial charge in [0.15, 0.2) is 0 Å². The normalized spacial score (nSPS) is 17.2. The SMILES string of the molecule is CC(C)c1nc(Cl)cc(NCC2(CO)CC2)n1. The highest BCUT2D eigenvalue weighted by atomic mass is 35.5. The van der Waals surface area contributed by atoms with Crippen LogP contribution in [0.5, 0.6) is 0 Å². The third-order valence-corrected chi connectivity index (χ3v) is 3.36. The molecular weight excluding hydrogens is 238 g/mol. The van der Waals surface area contributed by atoms with Crippen LogP contribution in [0.25, 0.3) is 0 Å². The Morgan fingerprint density at radius 3 is 2.71 bits per heavy atom. The fourth-order valence-electron chi connectivity index (χ4n) is 1.63. The lowest BCUT2D eigenvalue weighted by molar-refractivity contribution is 0.219. The summed E-state index contributed by atoms with van der Waals surface area (Å²) < 4.78 is 0. The fourth-order valence-corrected chi connectivity index (χ4v) is 1.82. The Labute approximate surface area is 106 Å². The lowest BCUT2D eigenvalue weighted by atomic mass is 10.1. The standard InChI is InChI=1S/C12H18ClN3O/c1-8(2)11-15-9(13)5-10(16-11)14-6-12(7-17)3-4-12/h5,8,17H,3-4,6-7H2,1-2H3,(H,14,15,16). The van der Waals surface area contributed by atoms with Gasteiger partial charge in [-0.05, 0) is 12.8 Å². The first-order chi connectivity index (χ1) is 8.04. The monoisotopic (exact) mass is 255 g/mol. The molecule has 0 aliphatic heterocycles. The van der Waals surface area contributed by atoms with Crippen molar-refractivity contribution in [3.8, 4) is 0 Å². The van der Waals surface area contributed by atoms with E-state index in [0.717, 1.165) is 31.0 Å². The number of nitrogens with zero attached hydrogens (tertiary/aromatic N) is 2. The number of hydrogen-bond donors (Lipinski definition) is 2. The second-order valence-corrected chi connectivity index (χ2v) is 5.49. The smallest absolute Gasteiger partial charge is 0.135 e. The first kappa shape index (κ1) is 12.6. The number of anilines is 1. The molecule has 0 amide bonds. The maximum atomic E-state index is 9.23. The highest BCUT2D eigenvalue weighted by molar-refractivity contribution is 6.29. The van der Waals surface area contributed by atoms with Gasteiger partial charge in [0, 0.05) is 23.9 Å². The van der Waals surface area contributed by atoms with Gasteiger partial charge in [-0.2, -0.15) is 0 Å². The molecule has 1 aliphatic carbocycles. The van der Waals surface area contributed by atoms with E-state index in [4.69, 9.17) is 11.6 Å². The highest BCUT2D eigenvalue weighted by Crippen LogP contribution is 2.44. The maximum Gasteiger partial charge on any atom is 0.135 e. The van der Waals surface area contributed by atoms with Crippen molar-refractivity contribution in [3.05, 3.63) is 17.0 Å². The van der Waals surface area contributed by atoms with Crippen LogP contribution in [0.1, 0.15) is 38.4 Å². The molecule has 2 N–H and O–H groups in total. The average molecular weight is 256 g/mol. The van der Waals surface area contributed by atoms with Crippen molar-refractivity contribution in [2.45, 2.75) is 32.6 Å². The van der Waals surface area contributed by atoms with Crippen molar-refractivity contribution in [2.75, 3.05) is 18.5 Å². The van der Waals surface area contributed by atoms with E-state index >= 15 is 0 Å². The molecule has 1 aromatic rings. The third kappa shape index (κ3) is 3.07. The van der Waals surface area contributed by atoms with Gasteiger partial charge >= 0.3 is 0 Å². The van der Waals surface area contributed by atoms with E-state index in [9.17, 15) is 5.11 Å². The van der Waals surface area contributed by atoms with Crippen LogP contribution in [-0.4, -0.2) is 28.2 Å². The molecule has 5 heteroatoms. The Morgan fingerprint density at radius 2 is 2.18 bits per heavy atom. The summed E-state index contributed by atoms with van der Waals surface area (Å²) in [6.45, 7) is 5.04. The fraction of sp³-hybridized carbons (Fsp3) is 0.667. The van der Waals surface area contributed by atoms with Crippen LogP contribution in [0, 0.1) is 5.41 Å². The molecular formula is C12H18ClN3O. The van der Waals surface area contributed by atoms with Gasteiger partial charge in [0.25, 0.3) is 0 Å². The van der Waals surface area contributed by atoms with Crippen LogP contribution in [0.15, 0.2) is 6.07 Å². The number of aliphatic hydroxyl groups excluding tert-OH is 1. The van der Waals surface area contributed by atoms with Gasteiger partial charge in [-0.25, -0.2) is 9.97 Å². The second kappa shape index (κ2) is 4.78. The summed E-state index contributed by atoms with van der Waals surface area (Å²) in [6.07, 6.45) is 2.15. The van der Waals surface area contributed by atoms with Crippen molar-refractivity contribution in [2.24, 2.45) is 5.41 Å². The van der Waals surface area contributed by atoms with Crippen molar-refractivity contribution < 1.29 is 5.11 Å². The van der Waals surface area contributed by atoms with Crippen LogP contribution < -0.4 is 5.32 Å². The van der Waals surface area contributed by atoms with Crippen LogP contribution >= 0.6 is 11.6 Å². The summed E-state index contributed by atoms with van der Waals surface area (Å²) in [4.78, 5) is 8.59. The van der Waals surface area contributed by atoms with Crippen molar-refractivity contribution in [3.63, 3.8) is 0 Å². The molecule has 1 saturated carbocycles.